The molecule has 0 atom stereocenters. The number of non-ortho nitro benzene ring substituents is 1. The lowest BCUT2D eigenvalue weighted by molar-refractivity contribution is -0.393. The summed E-state index contributed by atoms with van der Waals surface area (Å²) < 4.78 is 1.86. The van der Waals surface area contributed by atoms with Crippen LogP contribution in [0.3, 0.4) is 0 Å². The third-order valence-electron chi connectivity index (χ3n) is 6.54. The second-order valence-electron chi connectivity index (χ2n) is 8.64. The first-order valence-corrected chi connectivity index (χ1v) is 11.4. The summed E-state index contributed by atoms with van der Waals surface area (Å²) in [4.78, 5) is 34.6. The molecule has 1 fully saturated rings. The molecule has 0 unspecified atom stereocenters. The van der Waals surface area contributed by atoms with Crippen LogP contribution in [0, 0.1) is 20.2 Å². The zero-order valence-electron chi connectivity index (χ0n) is 18.6. The molecule has 35 heavy (non-hydrogen) atoms. The van der Waals surface area contributed by atoms with Crippen LogP contribution in [0.1, 0.15) is 19.3 Å². The molecular weight excluding hydrogens is 448 g/mol. The van der Waals surface area contributed by atoms with Crippen LogP contribution in [-0.4, -0.2) is 37.3 Å². The fourth-order valence-electron chi connectivity index (χ4n) is 5.00. The van der Waals surface area contributed by atoms with Crippen LogP contribution < -0.4 is 4.90 Å². The van der Waals surface area contributed by atoms with Crippen LogP contribution in [0.25, 0.3) is 39.0 Å². The maximum Gasteiger partial charge on any atom is 0.300 e. The second kappa shape index (κ2) is 8.01. The highest BCUT2D eigenvalue weighted by molar-refractivity contribution is 5.99. The van der Waals surface area contributed by atoms with Crippen molar-refractivity contribution < 1.29 is 9.85 Å². The van der Waals surface area contributed by atoms with E-state index in [9.17, 15) is 20.2 Å². The highest BCUT2D eigenvalue weighted by Crippen LogP contribution is 2.43. The van der Waals surface area contributed by atoms with Crippen molar-refractivity contribution in [3.63, 3.8) is 0 Å². The van der Waals surface area contributed by atoms with Gasteiger partial charge in [-0.3, -0.25) is 24.6 Å². The average Bonchev–Trinajstić information content (AvgIpc) is 3.28. The summed E-state index contributed by atoms with van der Waals surface area (Å²) in [6.45, 7) is 1.26. The van der Waals surface area contributed by atoms with Crippen molar-refractivity contribution in [1.29, 1.82) is 0 Å². The molecular formula is C25H20N6O4. The Hall–Kier alpha value is -4.60. The molecule has 2 aromatic heterocycles. The van der Waals surface area contributed by atoms with Gasteiger partial charge < -0.3 is 4.90 Å². The standard InChI is InChI=1S/C25H20N6O4/c32-30(33)16-14-18(23(22(15-16)31(34)35)28-12-6-1-7-13-28)25-26-19-9-3-2-8-17(19)24-27-20-10-4-5-11-21(20)29(24)25/h2-5,8-11,14-15H,1,6-7,12-13H2. The highest BCUT2D eigenvalue weighted by atomic mass is 16.6. The van der Waals surface area contributed by atoms with E-state index in [1.54, 1.807) is 0 Å². The van der Waals surface area contributed by atoms with E-state index in [0.717, 1.165) is 41.7 Å². The highest BCUT2D eigenvalue weighted by Gasteiger charge is 2.31. The molecule has 0 radical (unpaired) electrons. The predicted octanol–water partition coefficient (Wildman–Crippen LogP) is 5.51. The number of anilines is 1. The van der Waals surface area contributed by atoms with E-state index in [2.05, 4.69) is 0 Å². The summed E-state index contributed by atoms with van der Waals surface area (Å²) in [5, 5.41) is 24.8. The molecule has 3 heterocycles. The monoisotopic (exact) mass is 468 g/mol. The lowest BCUT2D eigenvalue weighted by Crippen LogP contribution is -2.30. The number of hydrogen-bond donors (Lipinski definition) is 0. The molecule has 10 nitrogen and oxygen atoms in total. The molecule has 1 aliphatic heterocycles. The van der Waals surface area contributed by atoms with E-state index >= 15 is 0 Å². The van der Waals surface area contributed by atoms with Gasteiger partial charge in [-0.2, -0.15) is 0 Å². The Morgan fingerprint density at radius 3 is 2.26 bits per heavy atom. The van der Waals surface area contributed by atoms with Crippen molar-refractivity contribution in [3.8, 4) is 11.4 Å². The number of nitrogens with zero attached hydrogens (tertiary/aromatic N) is 6. The van der Waals surface area contributed by atoms with E-state index in [0.29, 0.717) is 41.3 Å². The molecule has 1 saturated heterocycles. The van der Waals surface area contributed by atoms with E-state index in [1.807, 2.05) is 57.8 Å². The van der Waals surface area contributed by atoms with Crippen molar-refractivity contribution in [2.45, 2.75) is 19.3 Å². The molecule has 1 aliphatic rings. The quantitative estimate of drug-likeness (QED) is 0.252. The Morgan fingerprint density at radius 1 is 0.800 bits per heavy atom. The Balaban J connectivity index is 1.79. The molecule has 0 aliphatic carbocycles. The molecule has 0 saturated carbocycles. The van der Waals surface area contributed by atoms with Gasteiger partial charge in [-0.25, -0.2) is 9.97 Å². The smallest absolute Gasteiger partial charge is 0.300 e. The van der Waals surface area contributed by atoms with Gasteiger partial charge in [0, 0.05) is 24.5 Å². The molecule has 0 spiro atoms. The topological polar surface area (TPSA) is 120 Å². The van der Waals surface area contributed by atoms with Crippen molar-refractivity contribution >= 4 is 44.6 Å². The van der Waals surface area contributed by atoms with Gasteiger partial charge in [-0.1, -0.05) is 24.3 Å². The molecule has 174 valence electrons. The zero-order chi connectivity index (χ0) is 24.1. The van der Waals surface area contributed by atoms with E-state index < -0.39 is 9.85 Å². The number of rotatable bonds is 4. The number of benzene rings is 3. The number of imidazole rings is 1. The summed E-state index contributed by atoms with van der Waals surface area (Å²) >= 11 is 0. The minimum absolute atomic E-state index is 0.288. The van der Waals surface area contributed by atoms with E-state index in [4.69, 9.17) is 9.97 Å². The van der Waals surface area contributed by atoms with Crippen molar-refractivity contribution in [3.05, 3.63) is 80.9 Å². The maximum atomic E-state index is 12.2. The van der Waals surface area contributed by atoms with Crippen LogP contribution in [0.4, 0.5) is 17.1 Å². The Bertz CT molecular complexity index is 1660. The minimum atomic E-state index is -0.596. The zero-order valence-corrected chi connectivity index (χ0v) is 18.6. The first-order chi connectivity index (χ1) is 17.0. The fraction of sp³-hybridized carbons (Fsp3) is 0.200. The molecule has 6 rings (SSSR count). The summed E-state index contributed by atoms with van der Waals surface area (Å²) in [5.74, 6) is 0.389. The number of fused-ring (bicyclic) bond motifs is 5. The van der Waals surface area contributed by atoms with Gasteiger partial charge in [0.1, 0.15) is 17.2 Å². The molecule has 0 bridgehead atoms. The average molecular weight is 468 g/mol. The second-order valence-corrected chi connectivity index (χ2v) is 8.64. The van der Waals surface area contributed by atoms with Crippen molar-refractivity contribution in [2.75, 3.05) is 18.0 Å². The first-order valence-electron chi connectivity index (χ1n) is 11.4. The minimum Gasteiger partial charge on any atom is -0.365 e. The number of nitro groups is 2. The number of piperidine rings is 1. The predicted molar refractivity (Wildman–Crippen MR) is 133 cm³/mol. The third-order valence-corrected chi connectivity index (χ3v) is 6.54. The SMILES string of the molecule is O=[N+]([O-])c1cc(-c2nc3ccccc3c3nc4ccccc4n23)c(N2CCCCC2)c([N+](=O)[O-])c1. The summed E-state index contributed by atoms with van der Waals surface area (Å²) in [5.41, 5.74) is 2.90. The normalized spacial score (nSPS) is 14.1. The Labute approximate surface area is 198 Å². The van der Waals surface area contributed by atoms with E-state index in [1.165, 1.54) is 6.07 Å². The van der Waals surface area contributed by atoms with Crippen LogP contribution in [0.2, 0.25) is 0 Å². The van der Waals surface area contributed by atoms with Crippen LogP contribution >= 0.6 is 0 Å². The lowest BCUT2D eigenvalue weighted by Gasteiger charge is -2.30. The Kier molecular flexibility index (Phi) is 4.80. The van der Waals surface area contributed by atoms with Gasteiger partial charge in [-0.15, -0.1) is 0 Å². The van der Waals surface area contributed by atoms with Crippen LogP contribution in [0.15, 0.2) is 60.7 Å². The largest absolute Gasteiger partial charge is 0.365 e. The van der Waals surface area contributed by atoms with Gasteiger partial charge in [0.05, 0.1) is 38.0 Å². The van der Waals surface area contributed by atoms with E-state index in [-0.39, 0.29) is 11.4 Å². The van der Waals surface area contributed by atoms with Crippen molar-refractivity contribution in [1.82, 2.24) is 14.4 Å². The van der Waals surface area contributed by atoms with Gasteiger partial charge >= 0.3 is 0 Å². The first kappa shape index (κ1) is 21.0. The lowest BCUT2D eigenvalue weighted by atomic mass is 10.0. The number of hydrogen-bond acceptors (Lipinski definition) is 7. The molecule has 0 N–H and O–H groups in total. The maximum absolute atomic E-state index is 12.2. The van der Waals surface area contributed by atoms with Gasteiger partial charge in [0.2, 0.25) is 0 Å². The number of para-hydroxylation sites is 3. The summed E-state index contributed by atoms with van der Waals surface area (Å²) in [6.07, 6.45) is 2.82. The van der Waals surface area contributed by atoms with Crippen LogP contribution in [-0.2, 0) is 0 Å². The molecule has 10 heteroatoms. The third kappa shape index (κ3) is 3.33. The van der Waals surface area contributed by atoms with Crippen LogP contribution in [0.5, 0.6) is 0 Å². The Morgan fingerprint density at radius 2 is 1.51 bits per heavy atom. The fourth-order valence-corrected chi connectivity index (χ4v) is 5.00. The van der Waals surface area contributed by atoms with Gasteiger partial charge in [-0.05, 0) is 43.5 Å². The summed E-state index contributed by atoms with van der Waals surface area (Å²) in [7, 11) is 0. The molecule has 0 amide bonds. The molecule has 3 aromatic carbocycles. The summed E-state index contributed by atoms with van der Waals surface area (Å²) in [6, 6.07) is 17.6. The van der Waals surface area contributed by atoms with Crippen molar-refractivity contribution in [2.24, 2.45) is 0 Å². The van der Waals surface area contributed by atoms with Gasteiger partial charge in [0.25, 0.3) is 11.4 Å². The number of nitro benzene ring substituents is 2. The number of aromatic nitrogens is 3. The molecule has 5 aromatic rings. The van der Waals surface area contributed by atoms with Gasteiger partial charge in [0.15, 0.2) is 0 Å².